The Morgan fingerprint density at radius 3 is 2.55 bits per heavy atom. The summed E-state index contributed by atoms with van der Waals surface area (Å²) in [4.78, 5) is 28.8. The molecule has 8 heteroatoms. The molecule has 0 spiro atoms. The fraction of sp³-hybridized carbons (Fsp3) is 0.0870. The van der Waals surface area contributed by atoms with E-state index in [1.165, 1.54) is 0 Å². The van der Waals surface area contributed by atoms with Crippen molar-refractivity contribution in [3.8, 4) is 5.69 Å². The number of hydrogen-bond donors (Lipinski definition) is 1. The highest BCUT2D eigenvalue weighted by Gasteiger charge is 2.15. The van der Waals surface area contributed by atoms with E-state index in [2.05, 4.69) is 10.3 Å². The predicted molar refractivity (Wildman–Crippen MR) is 111 cm³/mol. The first-order valence-electron chi connectivity index (χ1n) is 9.39. The Morgan fingerprint density at radius 2 is 1.81 bits per heavy atom. The number of nitrogens with zero attached hydrogens (tertiary/aromatic N) is 2. The first kappa shape index (κ1) is 20.2. The van der Waals surface area contributed by atoms with E-state index in [-0.39, 0.29) is 11.3 Å². The van der Waals surface area contributed by atoms with Crippen LogP contribution in [0.25, 0.3) is 16.7 Å². The molecule has 0 aliphatic carbocycles. The van der Waals surface area contributed by atoms with Crippen molar-refractivity contribution < 1.29 is 23.1 Å². The molecule has 0 saturated carbocycles. The van der Waals surface area contributed by atoms with Crippen LogP contribution in [-0.2, 0) is 9.53 Å². The number of halogens is 2. The van der Waals surface area contributed by atoms with E-state index in [1.54, 1.807) is 18.2 Å². The largest absolute Gasteiger partial charge is 0.452 e. The lowest BCUT2D eigenvalue weighted by molar-refractivity contribution is -0.119. The van der Waals surface area contributed by atoms with E-state index in [1.807, 2.05) is 41.8 Å². The van der Waals surface area contributed by atoms with Crippen LogP contribution >= 0.6 is 0 Å². The second-order valence-corrected chi connectivity index (χ2v) is 6.78. The number of aryl methyl sites for hydroxylation is 1. The standard InChI is InChI=1S/C23H17F2N3O3/c1-14-26-20-11-15(7-10-21(20)28(14)17-5-3-2-4-6-17)23(30)31-13-22(29)27-19-9-8-16(24)12-18(19)25/h2-12H,13H2,1H3,(H,27,29). The maximum atomic E-state index is 13.6. The van der Waals surface area contributed by atoms with E-state index in [4.69, 9.17) is 4.74 Å². The summed E-state index contributed by atoms with van der Waals surface area (Å²) in [6, 6.07) is 17.4. The van der Waals surface area contributed by atoms with Crippen molar-refractivity contribution in [2.45, 2.75) is 6.92 Å². The fourth-order valence-corrected chi connectivity index (χ4v) is 3.22. The van der Waals surface area contributed by atoms with Crippen molar-refractivity contribution >= 4 is 28.6 Å². The van der Waals surface area contributed by atoms with Gasteiger partial charge in [-0.2, -0.15) is 0 Å². The van der Waals surface area contributed by atoms with Crippen LogP contribution in [0.2, 0.25) is 0 Å². The van der Waals surface area contributed by atoms with E-state index in [9.17, 15) is 18.4 Å². The highest BCUT2D eigenvalue weighted by molar-refractivity contribution is 5.97. The lowest BCUT2D eigenvalue weighted by Gasteiger charge is -2.08. The van der Waals surface area contributed by atoms with Gasteiger partial charge in [-0.3, -0.25) is 9.36 Å². The van der Waals surface area contributed by atoms with Gasteiger partial charge in [-0.05, 0) is 49.4 Å². The second kappa shape index (κ2) is 8.35. The molecule has 0 radical (unpaired) electrons. The number of ether oxygens (including phenoxy) is 1. The molecule has 156 valence electrons. The summed E-state index contributed by atoms with van der Waals surface area (Å²) in [6.45, 7) is 1.25. The number of benzene rings is 3. The second-order valence-electron chi connectivity index (χ2n) is 6.78. The van der Waals surface area contributed by atoms with Gasteiger partial charge in [0.25, 0.3) is 5.91 Å². The minimum absolute atomic E-state index is 0.203. The number of carbonyl (C=O) groups excluding carboxylic acids is 2. The number of fused-ring (bicyclic) bond motifs is 1. The maximum Gasteiger partial charge on any atom is 0.338 e. The minimum atomic E-state index is -0.922. The van der Waals surface area contributed by atoms with Crippen LogP contribution in [-0.4, -0.2) is 28.0 Å². The average molecular weight is 421 g/mol. The summed E-state index contributed by atoms with van der Waals surface area (Å²) in [7, 11) is 0. The van der Waals surface area contributed by atoms with Crippen LogP contribution in [0.1, 0.15) is 16.2 Å². The topological polar surface area (TPSA) is 73.2 Å². The Kier molecular flexibility index (Phi) is 5.44. The zero-order chi connectivity index (χ0) is 22.0. The van der Waals surface area contributed by atoms with Crippen LogP contribution in [0.3, 0.4) is 0 Å². The van der Waals surface area contributed by atoms with Gasteiger partial charge in [-0.1, -0.05) is 18.2 Å². The van der Waals surface area contributed by atoms with Crippen molar-refractivity contribution in [3.05, 3.63) is 89.8 Å². The smallest absolute Gasteiger partial charge is 0.338 e. The van der Waals surface area contributed by atoms with Crippen molar-refractivity contribution in [1.29, 1.82) is 0 Å². The first-order valence-corrected chi connectivity index (χ1v) is 9.39. The molecule has 0 aliphatic heterocycles. The van der Waals surface area contributed by atoms with Crippen LogP contribution in [0, 0.1) is 18.6 Å². The number of para-hydroxylation sites is 1. The molecule has 1 amide bonds. The summed E-state index contributed by atoms with van der Waals surface area (Å²) in [5.41, 5.74) is 2.40. The quantitative estimate of drug-likeness (QED) is 0.485. The Labute approximate surface area is 176 Å². The molecule has 1 N–H and O–H groups in total. The number of rotatable bonds is 5. The van der Waals surface area contributed by atoms with E-state index >= 15 is 0 Å². The Bertz CT molecular complexity index is 1290. The zero-order valence-electron chi connectivity index (χ0n) is 16.4. The SMILES string of the molecule is Cc1nc2cc(C(=O)OCC(=O)Nc3ccc(F)cc3F)ccc2n1-c1ccccc1. The monoisotopic (exact) mass is 421 g/mol. The lowest BCUT2D eigenvalue weighted by atomic mass is 10.2. The molecule has 4 aromatic rings. The van der Waals surface area contributed by atoms with Gasteiger partial charge in [-0.25, -0.2) is 18.6 Å². The summed E-state index contributed by atoms with van der Waals surface area (Å²) in [6.07, 6.45) is 0. The highest BCUT2D eigenvalue weighted by Crippen LogP contribution is 2.22. The van der Waals surface area contributed by atoms with E-state index < -0.39 is 30.1 Å². The Hall–Kier alpha value is -4.07. The maximum absolute atomic E-state index is 13.6. The summed E-state index contributed by atoms with van der Waals surface area (Å²) >= 11 is 0. The van der Waals surface area contributed by atoms with Gasteiger partial charge in [0.2, 0.25) is 0 Å². The normalized spacial score (nSPS) is 10.8. The molecule has 31 heavy (non-hydrogen) atoms. The lowest BCUT2D eigenvalue weighted by Crippen LogP contribution is -2.21. The molecule has 0 fully saturated rings. The minimum Gasteiger partial charge on any atom is -0.452 e. The summed E-state index contributed by atoms with van der Waals surface area (Å²) in [5.74, 6) is -2.39. The molecule has 4 rings (SSSR count). The van der Waals surface area contributed by atoms with Gasteiger partial charge in [0.05, 0.1) is 22.3 Å². The van der Waals surface area contributed by atoms with Crippen molar-refractivity contribution in [2.24, 2.45) is 0 Å². The third kappa shape index (κ3) is 4.28. The van der Waals surface area contributed by atoms with Gasteiger partial charge in [-0.15, -0.1) is 0 Å². The number of amides is 1. The summed E-state index contributed by atoms with van der Waals surface area (Å²) < 4.78 is 33.5. The van der Waals surface area contributed by atoms with Gasteiger partial charge >= 0.3 is 5.97 Å². The predicted octanol–water partition coefficient (Wildman–Crippen LogP) is 4.41. The third-order valence-electron chi connectivity index (χ3n) is 4.61. The molecule has 0 atom stereocenters. The number of hydrogen-bond acceptors (Lipinski definition) is 4. The fourth-order valence-electron chi connectivity index (χ4n) is 3.22. The molecular formula is C23H17F2N3O3. The van der Waals surface area contributed by atoms with E-state index in [0.717, 1.165) is 29.2 Å². The van der Waals surface area contributed by atoms with Crippen LogP contribution in [0.5, 0.6) is 0 Å². The average Bonchev–Trinajstić information content (AvgIpc) is 3.09. The molecular weight excluding hydrogens is 404 g/mol. The highest BCUT2D eigenvalue weighted by atomic mass is 19.1. The molecule has 6 nitrogen and oxygen atoms in total. The molecule has 0 unspecified atom stereocenters. The Morgan fingerprint density at radius 1 is 1.03 bits per heavy atom. The van der Waals surface area contributed by atoms with Crippen LogP contribution < -0.4 is 5.32 Å². The van der Waals surface area contributed by atoms with E-state index in [0.29, 0.717) is 11.6 Å². The van der Waals surface area contributed by atoms with Gasteiger partial charge in [0.15, 0.2) is 6.61 Å². The first-order chi connectivity index (χ1) is 14.9. The molecule has 1 heterocycles. The molecule has 1 aromatic heterocycles. The molecule has 0 bridgehead atoms. The van der Waals surface area contributed by atoms with Crippen molar-refractivity contribution in [2.75, 3.05) is 11.9 Å². The number of carbonyl (C=O) groups is 2. The molecule has 0 aliphatic rings. The summed E-state index contributed by atoms with van der Waals surface area (Å²) in [5, 5.41) is 2.23. The van der Waals surface area contributed by atoms with Crippen molar-refractivity contribution in [3.63, 3.8) is 0 Å². The third-order valence-corrected chi connectivity index (χ3v) is 4.61. The van der Waals surface area contributed by atoms with Crippen molar-refractivity contribution in [1.82, 2.24) is 9.55 Å². The number of aromatic nitrogens is 2. The molecule has 3 aromatic carbocycles. The Balaban J connectivity index is 1.46. The van der Waals surface area contributed by atoms with Crippen LogP contribution in [0.15, 0.2) is 66.7 Å². The zero-order valence-corrected chi connectivity index (χ0v) is 16.4. The van der Waals surface area contributed by atoms with Gasteiger partial charge in [0.1, 0.15) is 17.5 Å². The van der Waals surface area contributed by atoms with Crippen LogP contribution in [0.4, 0.5) is 14.5 Å². The number of esters is 1. The molecule has 0 saturated heterocycles. The number of anilines is 1. The van der Waals surface area contributed by atoms with Gasteiger partial charge in [0, 0.05) is 11.8 Å². The number of imidazole rings is 1. The van der Waals surface area contributed by atoms with Gasteiger partial charge < -0.3 is 10.1 Å². The number of nitrogens with one attached hydrogen (secondary N) is 1.